The first-order valence-electron chi connectivity index (χ1n) is 5.36. The van der Waals surface area contributed by atoms with E-state index in [9.17, 15) is 5.11 Å². The molecule has 4 heteroatoms. The fourth-order valence-electron chi connectivity index (χ4n) is 1.70. The van der Waals surface area contributed by atoms with Gasteiger partial charge in [0.2, 0.25) is 0 Å². The third-order valence-corrected chi connectivity index (χ3v) is 2.98. The van der Waals surface area contributed by atoms with Gasteiger partial charge < -0.3 is 14.6 Å². The third-order valence-electron chi connectivity index (χ3n) is 2.67. The number of phenolic OH excluding ortho intramolecular Hbond substituents is 1. The summed E-state index contributed by atoms with van der Waals surface area (Å²) in [5, 5.41) is 10.4. The van der Waals surface area contributed by atoms with Crippen LogP contribution in [-0.2, 0) is 0 Å². The van der Waals surface area contributed by atoms with Crippen molar-refractivity contribution in [1.82, 2.24) is 0 Å². The highest BCUT2D eigenvalue weighted by Crippen LogP contribution is 2.36. The Morgan fingerprint density at radius 2 is 1.78 bits per heavy atom. The predicted octanol–water partition coefficient (Wildman–Crippen LogP) is 3.73. The van der Waals surface area contributed by atoms with E-state index < -0.39 is 0 Å². The number of rotatable bonds is 3. The molecule has 18 heavy (non-hydrogen) atoms. The van der Waals surface area contributed by atoms with Crippen LogP contribution < -0.4 is 9.47 Å². The highest BCUT2D eigenvalue weighted by atomic mass is 35.5. The molecule has 1 N–H and O–H groups in total. The first-order valence-corrected chi connectivity index (χ1v) is 5.74. The topological polar surface area (TPSA) is 38.7 Å². The van der Waals surface area contributed by atoms with Crippen LogP contribution in [0.5, 0.6) is 17.2 Å². The standard InChI is InChI=1S/C14H13ClO3/c1-17-10-4-6-13(16)11(8-10)9-3-5-12(15)14(7-9)18-2/h3-8,16H,1-2H3. The van der Waals surface area contributed by atoms with Gasteiger partial charge in [-0.25, -0.2) is 0 Å². The van der Waals surface area contributed by atoms with Crippen molar-refractivity contribution in [2.24, 2.45) is 0 Å². The van der Waals surface area contributed by atoms with E-state index in [2.05, 4.69) is 0 Å². The van der Waals surface area contributed by atoms with Gasteiger partial charge in [-0.3, -0.25) is 0 Å². The van der Waals surface area contributed by atoms with E-state index in [1.54, 1.807) is 44.6 Å². The van der Waals surface area contributed by atoms with Crippen LogP contribution in [0.3, 0.4) is 0 Å². The highest BCUT2D eigenvalue weighted by molar-refractivity contribution is 6.32. The van der Waals surface area contributed by atoms with Crippen LogP contribution in [0.4, 0.5) is 0 Å². The van der Waals surface area contributed by atoms with Gasteiger partial charge in [-0.2, -0.15) is 0 Å². The zero-order chi connectivity index (χ0) is 13.1. The van der Waals surface area contributed by atoms with E-state index in [4.69, 9.17) is 21.1 Å². The average molecular weight is 265 g/mol. The summed E-state index contributed by atoms with van der Waals surface area (Å²) in [4.78, 5) is 0. The van der Waals surface area contributed by atoms with Crippen molar-refractivity contribution in [2.75, 3.05) is 14.2 Å². The van der Waals surface area contributed by atoms with Gasteiger partial charge in [0.25, 0.3) is 0 Å². The van der Waals surface area contributed by atoms with E-state index in [0.29, 0.717) is 22.1 Å². The van der Waals surface area contributed by atoms with Gasteiger partial charge in [0.05, 0.1) is 19.2 Å². The molecule has 0 fully saturated rings. The Hall–Kier alpha value is -1.87. The molecule has 0 saturated carbocycles. The molecule has 3 nitrogen and oxygen atoms in total. The number of phenols is 1. The van der Waals surface area contributed by atoms with Crippen LogP contribution in [0, 0.1) is 0 Å². The van der Waals surface area contributed by atoms with Gasteiger partial charge in [0.15, 0.2) is 0 Å². The van der Waals surface area contributed by atoms with Crippen LogP contribution in [0.1, 0.15) is 0 Å². The van der Waals surface area contributed by atoms with Gasteiger partial charge in [-0.05, 0) is 35.9 Å². The minimum absolute atomic E-state index is 0.181. The number of aromatic hydroxyl groups is 1. The van der Waals surface area contributed by atoms with E-state index in [1.807, 2.05) is 6.07 Å². The minimum atomic E-state index is 0.181. The molecule has 0 aliphatic heterocycles. The van der Waals surface area contributed by atoms with Gasteiger partial charge in [-0.15, -0.1) is 0 Å². The van der Waals surface area contributed by atoms with Crippen LogP contribution >= 0.6 is 11.6 Å². The van der Waals surface area contributed by atoms with Crippen molar-refractivity contribution >= 4 is 11.6 Å². The summed E-state index contributed by atoms with van der Waals surface area (Å²) in [7, 11) is 3.13. The minimum Gasteiger partial charge on any atom is -0.507 e. The zero-order valence-corrected chi connectivity index (χ0v) is 10.9. The van der Waals surface area contributed by atoms with Gasteiger partial charge >= 0.3 is 0 Å². The number of methoxy groups -OCH3 is 2. The van der Waals surface area contributed by atoms with Crippen LogP contribution in [-0.4, -0.2) is 19.3 Å². The highest BCUT2D eigenvalue weighted by Gasteiger charge is 2.09. The Bertz CT molecular complexity index is 567. The summed E-state index contributed by atoms with van der Waals surface area (Å²) in [5.74, 6) is 1.42. The summed E-state index contributed by atoms with van der Waals surface area (Å²) in [5.41, 5.74) is 1.48. The second-order valence-corrected chi connectivity index (χ2v) is 4.14. The van der Waals surface area contributed by atoms with Gasteiger partial charge in [0.1, 0.15) is 17.2 Å². The van der Waals surface area contributed by atoms with Crippen molar-refractivity contribution in [3.8, 4) is 28.4 Å². The van der Waals surface area contributed by atoms with Crippen molar-refractivity contribution in [2.45, 2.75) is 0 Å². The van der Waals surface area contributed by atoms with E-state index in [1.165, 1.54) is 0 Å². The lowest BCUT2D eigenvalue weighted by atomic mass is 10.0. The summed E-state index contributed by atoms with van der Waals surface area (Å²) < 4.78 is 10.3. The molecule has 0 saturated heterocycles. The lowest BCUT2D eigenvalue weighted by Crippen LogP contribution is -1.87. The van der Waals surface area contributed by atoms with Crippen molar-refractivity contribution in [3.05, 3.63) is 41.4 Å². The Morgan fingerprint density at radius 1 is 1.00 bits per heavy atom. The van der Waals surface area contributed by atoms with Crippen LogP contribution in [0.2, 0.25) is 5.02 Å². The lowest BCUT2D eigenvalue weighted by molar-refractivity contribution is 0.412. The molecule has 0 atom stereocenters. The number of ether oxygens (including phenoxy) is 2. The molecule has 2 rings (SSSR count). The Balaban J connectivity index is 2.54. The SMILES string of the molecule is COc1ccc(O)c(-c2ccc(Cl)c(OC)c2)c1. The predicted molar refractivity (Wildman–Crippen MR) is 71.7 cm³/mol. The lowest BCUT2D eigenvalue weighted by Gasteiger charge is -2.10. The first kappa shape index (κ1) is 12.6. The Labute approximate surface area is 111 Å². The van der Waals surface area contributed by atoms with E-state index >= 15 is 0 Å². The average Bonchev–Trinajstić information content (AvgIpc) is 2.40. The van der Waals surface area contributed by atoms with Crippen LogP contribution in [0.15, 0.2) is 36.4 Å². The molecule has 2 aromatic rings. The maximum Gasteiger partial charge on any atom is 0.138 e. The molecular formula is C14H13ClO3. The smallest absolute Gasteiger partial charge is 0.138 e. The molecule has 0 aliphatic carbocycles. The molecule has 0 amide bonds. The molecule has 0 aromatic heterocycles. The monoisotopic (exact) mass is 264 g/mol. The molecule has 2 aromatic carbocycles. The summed E-state index contributed by atoms with van der Waals surface area (Å²) >= 11 is 5.97. The number of hydrogen-bond donors (Lipinski definition) is 1. The summed E-state index contributed by atoms with van der Waals surface area (Å²) in [6.45, 7) is 0. The second kappa shape index (κ2) is 5.19. The quantitative estimate of drug-likeness (QED) is 0.918. The molecule has 0 heterocycles. The van der Waals surface area contributed by atoms with Gasteiger partial charge in [0, 0.05) is 5.56 Å². The number of hydrogen-bond acceptors (Lipinski definition) is 3. The largest absolute Gasteiger partial charge is 0.507 e. The number of halogens is 1. The molecule has 94 valence electrons. The Kier molecular flexibility index (Phi) is 3.63. The third kappa shape index (κ3) is 2.36. The van der Waals surface area contributed by atoms with Crippen molar-refractivity contribution in [1.29, 1.82) is 0 Å². The second-order valence-electron chi connectivity index (χ2n) is 3.73. The van der Waals surface area contributed by atoms with E-state index in [0.717, 1.165) is 5.56 Å². The van der Waals surface area contributed by atoms with Crippen molar-refractivity contribution in [3.63, 3.8) is 0 Å². The fourth-order valence-corrected chi connectivity index (χ4v) is 1.90. The zero-order valence-electron chi connectivity index (χ0n) is 10.1. The fraction of sp³-hybridized carbons (Fsp3) is 0.143. The first-order chi connectivity index (χ1) is 8.65. The van der Waals surface area contributed by atoms with Crippen molar-refractivity contribution < 1.29 is 14.6 Å². The summed E-state index contributed by atoms with van der Waals surface area (Å²) in [6, 6.07) is 10.4. The normalized spacial score (nSPS) is 10.2. The molecule has 0 aliphatic rings. The molecule has 0 unspecified atom stereocenters. The van der Waals surface area contributed by atoms with Crippen LogP contribution in [0.25, 0.3) is 11.1 Å². The number of benzene rings is 2. The molecule has 0 bridgehead atoms. The van der Waals surface area contributed by atoms with E-state index in [-0.39, 0.29) is 5.75 Å². The summed E-state index contributed by atoms with van der Waals surface area (Å²) in [6.07, 6.45) is 0. The maximum atomic E-state index is 9.89. The maximum absolute atomic E-state index is 9.89. The molecule has 0 radical (unpaired) electrons. The Morgan fingerprint density at radius 3 is 2.44 bits per heavy atom. The molecule has 0 spiro atoms. The van der Waals surface area contributed by atoms with Gasteiger partial charge in [-0.1, -0.05) is 17.7 Å². The molecular weight excluding hydrogens is 252 g/mol.